The molecule has 2 unspecified atom stereocenters. The van der Waals surface area contributed by atoms with Gasteiger partial charge in [0.2, 0.25) is 0 Å². The van der Waals surface area contributed by atoms with E-state index in [1.165, 1.54) is 0 Å². The Bertz CT molecular complexity index is 580. The molecule has 0 saturated heterocycles. The van der Waals surface area contributed by atoms with Crippen molar-refractivity contribution in [3.63, 3.8) is 0 Å². The zero-order chi connectivity index (χ0) is 15.6. The monoisotopic (exact) mass is 300 g/mol. The number of carbonyl (C=O) groups is 1. The number of hydrogen-bond donors (Lipinski definition) is 2. The van der Waals surface area contributed by atoms with Crippen molar-refractivity contribution in [3.05, 3.63) is 33.9 Å². The van der Waals surface area contributed by atoms with Gasteiger partial charge in [0, 0.05) is 12.6 Å². The van der Waals surface area contributed by atoms with Crippen molar-refractivity contribution < 1.29 is 23.6 Å². The molecule has 0 aliphatic heterocycles. The summed E-state index contributed by atoms with van der Waals surface area (Å²) < 4.78 is 26.9. The maximum absolute atomic E-state index is 13.7. The van der Waals surface area contributed by atoms with E-state index in [0.717, 1.165) is 12.5 Å². The molecular formula is C13H14F2N2O4. The van der Waals surface area contributed by atoms with E-state index in [2.05, 4.69) is 5.32 Å². The van der Waals surface area contributed by atoms with E-state index >= 15 is 0 Å². The van der Waals surface area contributed by atoms with Crippen molar-refractivity contribution in [1.82, 2.24) is 0 Å². The Morgan fingerprint density at radius 1 is 1.43 bits per heavy atom. The fourth-order valence-corrected chi connectivity index (χ4v) is 2.70. The molecule has 8 heteroatoms. The molecular weight excluding hydrogens is 286 g/mol. The van der Waals surface area contributed by atoms with Crippen LogP contribution in [0.1, 0.15) is 19.3 Å². The van der Waals surface area contributed by atoms with Gasteiger partial charge in [-0.05, 0) is 24.8 Å². The smallest absolute Gasteiger partial charge is 0.306 e. The van der Waals surface area contributed by atoms with Gasteiger partial charge >= 0.3 is 5.97 Å². The molecule has 0 spiro atoms. The number of aliphatic carboxylic acids is 1. The van der Waals surface area contributed by atoms with Gasteiger partial charge in [0.15, 0.2) is 17.3 Å². The lowest BCUT2D eigenvalue weighted by atomic mass is 9.96. The first-order valence-electron chi connectivity index (χ1n) is 6.51. The molecule has 114 valence electrons. The van der Waals surface area contributed by atoms with Crippen LogP contribution in [-0.4, -0.2) is 22.5 Å². The van der Waals surface area contributed by atoms with Crippen LogP contribution in [0.15, 0.2) is 12.1 Å². The van der Waals surface area contributed by atoms with Crippen molar-refractivity contribution in [2.45, 2.75) is 19.3 Å². The first kappa shape index (κ1) is 15.1. The van der Waals surface area contributed by atoms with Crippen LogP contribution in [0.2, 0.25) is 0 Å². The summed E-state index contributed by atoms with van der Waals surface area (Å²) >= 11 is 0. The van der Waals surface area contributed by atoms with Crippen LogP contribution >= 0.6 is 0 Å². The number of anilines is 1. The molecule has 0 radical (unpaired) electrons. The molecule has 6 nitrogen and oxygen atoms in total. The molecule has 1 aliphatic carbocycles. The van der Waals surface area contributed by atoms with Gasteiger partial charge in [0.1, 0.15) is 0 Å². The Hall–Kier alpha value is -2.25. The second-order valence-electron chi connectivity index (χ2n) is 5.03. The van der Waals surface area contributed by atoms with Crippen LogP contribution in [0.4, 0.5) is 20.2 Å². The normalized spacial score (nSPS) is 21.2. The maximum atomic E-state index is 13.7. The highest BCUT2D eigenvalue weighted by Gasteiger charge is 2.33. The zero-order valence-electron chi connectivity index (χ0n) is 11.0. The van der Waals surface area contributed by atoms with Gasteiger partial charge in [-0.1, -0.05) is 6.42 Å². The average Bonchev–Trinajstić information content (AvgIpc) is 2.88. The summed E-state index contributed by atoms with van der Waals surface area (Å²) in [6, 6.07) is 1.57. The third-order valence-corrected chi connectivity index (χ3v) is 3.79. The van der Waals surface area contributed by atoms with E-state index in [9.17, 15) is 23.7 Å². The fraction of sp³-hybridized carbons (Fsp3) is 0.462. The molecule has 1 aromatic rings. The second-order valence-corrected chi connectivity index (χ2v) is 5.03. The van der Waals surface area contributed by atoms with E-state index in [1.54, 1.807) is 0 Å². The number of rotatable bonds is 5. The Labute approximate surface area is 118 Å². The SMILES string of the molecule is O=C(O)C1CCCC1CNc1c([N+](=O)[O-])ccc(F)c1F. The highest BCUT2D eigenvalue weighted by Crippen LogP contribution is 2.34. The van der Waals surface area contributed by atoms with E-state index in [4.69, 9.17) is 5.11 Å². The highest BCUT2D eigenvalue weighted by atomic mass is 19.2. The Kier molecular flexibility index (Phi) is 4.35. The van der Waals surface area contributed by atoms with Crippen molar-refractivity contribution in [2.24, 2.45) is 11.8 Å². The van der Waals surface area contributed by atoms with Crippen molar-refractivity contribution >= 4 is 17.3 Å². The first-order valence-corrected chi connectivity index (χ1v) is 6.51. The van der Waals surface area contributed by atoms with Gasteiger partial charge in [0.25, 0.3) is 5.69 Å². The molecule has 0 heterocycles. The molecule has 1 saturated carbocycles. The number of benzene rings is 1. The molecule has 2 rings (SSSR count). The third kappa shape index (κ3) is 3.09. The van der Waals surface area contributed by atoms with E-state index in [1.807, 2.05) is 0 Å². The van der Waals surface area contributed by atoms with Crippen molar-refractivity contribution in [1.29, 1.82) is 0 Å². The number of halogens is 2. The van der Waals surface area contributed by atoms with Gasteiger partial charge in [-0.25, -0.2) is 8.78 Å². The standard InChI is InChI=1S/C13H14F2N2O4/c14-9-4-5-10(17(20)21)12(11(9)15)16-6-7-2-1-3-8(7)13(18)19/h4-5,7-8,16H,1-3,6H2,(H,18,19). The topological polar surface area (TPSA) is 92.5 Å². The minimum atomic E-state index is -1.32. The van der Waals surface area contributed by atoms with Crippen LogP contribution in [0.25, 0.3) is 0 Å². The third-order valence-electron chi connectivity index (χ3n) is 3.79. The molecule has 1 aliphatic rings. The van der Waals surface area contributed by atoms with Crippen molar-refractivity contribution in [2.75, 3.05) is 11.9 Å². The van der Waals surface area contributed by atoms with Crippen LogP contribution in [-0.2, 0) is 4.79 Å². The van der Waals surface area contributed by atoms with E-state index < -0.39 is 39.8 Å². The molecule has 0 amide bonds. The Morgan fingerprint density at radius 3 is 2.76 bits per heavy atom. The molecule has 2 N–H and O–H groups in total. The molecule has 1 fully saturated rings. The number of hydrogen-bond acceptors (Lipinski definition) is 4. The Balaban J connectivity index is 2.18. The summed E-state index contributed by atoms with van der Waals surface area (Å²) in [6.07, 6.45) is 1.89. The molecule has 0 aromatic heterocycles. The highest BCUT2D eigenvalue weighted by molar-refractivity contribution is 5.71. The fourth-order valence-electron chi connectivity index (χ4n) is 2.70. The van der Waals surface area contributed by atoms with Crippen molar-refractivity contribution in [3.8, 4) is 0 Å². The van der Waals surface area contributed by atoms with Gasteiger partial charge in [-0.15, -0.1) is 0 Å². The number of nitro benzene ring substituents is 1. The summed E-state index contributed by atoms with van der Waals surface area (Å²) in [6.45, 7) is 0.0537. The quantitative estimate of drug-likeness (QED) is 0.644. The summed E-state index contributed by atoms with van der Waals surface area (Å²) in [7, 11) is 0. The number of carboxylic acid groups (broad SMARTS) is 1. The van der Waals surface area contributed by atoms with Crippen LogP contribution < -0.4 is 5.32 Å². The minimum absolute atomic E-state index is 0.0537. The lowest BCUT2D eigenvalue weighted by Gasteiger charge is -2.17. The van der Waals surface area contributed by atoms with Gasteiger partial charge in [-0.3, -0.25) is 14.9 Å². The number of carboxylic acids is 1. The molecule has 2 atom stereocenters. The summed E-state index contributed by atoms with van der Waals surface area (Å²) in [5.41, 5.74) is -1.10. The van der Waals surface area contributed by atoms with Gasteiger partial charge in [0.05, 0.1) is 10.8 Å². The number of nitro groups is 1. The predicted octanol–water partition coefficient (Wildman–Crippen LogP) is 2.79. The number of nitrogens with zero attached hydrogens (tertiary/aromatic N) is 1. The first-order chi connectivity index (χ1) is 9.91. The number of nitrogens with one attached hydrogen (secondary N) is 1. The minimum Gasteiger partial charge on any atom is -0.481 e. The molecule has 0 bridgehead atoms. The van der Waals surface area contributed by atoms with Gasteiger partial charge < -0.3 is 10.4 Å². The summed E-state index contributed by atoms with van der Waals surface area (Å²) in [4.78, 5) is 21.1. The van der Waals surface area contributed by atoms with E-state index in [0.29, 0.717) is 18.9 Å². The second kappa shape index (κ2) is 6.02. The van der Waals surface area contributed by atoms with Gasteiger partial charge in [-0.2, -0.15) is 0 Å². The molecule has 21 heavy (non-hydrogen) atoms. The van der Waals surface area contributed by atoms with Crippen LogP contribution in [0, 0.1) is 33.6 Å². The predicted molar refractivity (Wildman–Crippen MR) is 70.0 cm³/mol. The maximum Gasteiger partial charge on any atom is 0.306 e. The van der Waals surface area contributed by atoms with Crippen LogP contribution in [0.3, 0.4) is 0 Å². The largest absolute Gasteiger partial charge is 0.481 e. The Morgan fingerprint density at radius 2 is 2.14 bits per heavy atom. The zero-order valence-corrected chi connectivity index (χ0v) is 11.0. The average molecular weight is 300 g/mol. The molecule has 1 aromatic carbocycles. The van der Waals surface area contributed by atoms with E-state index in [-0.39, 0.29) is 12.5 Å². The summed E-state index contributed by atoms with van der Waals surface area (Å²) in [5.74, 6) is -4.27. The lowest BCUT2D eigenvalue weighted by molar-refractivity contribution is -0.384. The van der Waals surface area contributed by atoms with Crippen LogP contribution in [0.5, 0.6) is 0 Å². The summed E-state index contributed by atoms with van der Waals surface area (Å²) in [5, 5.41) is 22.4. The lowest BCUT2D eigenvalue weighted by Crippen LogP contribution is -2.25.